The van der Waals surface area contributed by atoms with Crippen molar-refractivity contribution in [3.8, 4) is 11.4 Å². The van der Waals surface area contributed by atoms with Gasteiger partial charge in [-0.05, 0) is 25.5 Å². The molecular formula is C22H21N3O. The van der Waals surface area contributed by atoms with E-state index in [9.17, 15) is 0 Å². The second-order valence-corrected chi connectivity index (χ2v) is 6.47. The summed E-state index contributed by atoms with van der Waals surface area (Å²) in [7, 11) is 0. The number of aromatic nitrogens is 2. The van der Waals surface area contributed by atoms with Gasteiger partial charge in [-0.25, -0.2) is 9.97 Å². The van der Waals surface area contributed by atoms with Gasteiger partial charge in [-0.2, -0.15) is 0 Å². The number of hydrogen-bond donors (Lipinski definition) is 1. The Bertz CT molecular complexity index is 1010. The van der Waals surface area contributed by atoms with Crippen LogP contribution in [0.1, 0.15) is 29.9 Å². The number of hydrogen-bond acceptors (Lipinski definition) is 4. The number of para-hydroxylation sites is 1. The second kappa shape index (κ2) is 7.10. The fourth-order valence-corrected chi connectivity index (χ4v) is 3.15. The summed E-state index contributed by atoms with van der Waals surface area (Å²) in [6.45, 7) is 4.91. The maximum Gasteiger partial charge on any atom is 0.159 e. The molecule has 4 nitrogen and oxygen atoms in total. The fraction of sp³-hybridized carbons (Fsp3) is 0.182. The SMILES string of the molecule is Cc1c([C@H](C)NCc2cnc(-c3ccccc3)nc2)oc2ccccc12. The number of fused-ring (bicyclic) bond motifs is 1. The molecule has 2 heterocycles. The first kappa shape index (κ1) is 16.5. The highest BCUT2D eigenvalue weighted by Crippen LogP contribution is 2.29. The fourth-order valence-electron chi connectivity index (χ4n) is 3.15. The summed E-state index contributed by atoms with van der Waals surface area (Å²) in [5.74, 6) is 1.73. The Morgan fingerprint density at radius 1 is 0.962 bits per heavy atom. The maximum absolute atomic E-state index is 6.03. The number of aryl methyl sites for hydroxylation is 1. The van der Waals surface area contributed by atoms with Gasteiger partial charge in [0, 0.05) is 35.5 Å². The normalized spacial score (nSPS) is 12.4. The van der Waals surface area contributed by atoms with Gasteiger partial charge in [0.15, 0.2) is 5.82 Å². The predicted octanol–water partition coefficient (Wildman–Crippen LogP) is 5.05. The molecular weight excluding hydrogens is 322 g/mol. The number of nitrogens with zero attached hydrogens (tertiary/aromatic N) is 2. The van der Waals surface area contributed by atoms with E-state index in [1.807, 2.05) is 60.9 Å². The number of benzene rings is 2. The summed E-state index contributed by atoms with van der Waals surface area (Å²) in [5.41, 5.74) is 4.20. The molecule has 2 aromatic heterocycles. The van der Waals surface area contributed by atoms with Crippen molar-refractivity contribution >= 4 is 11.0 Å². The lowest BCUT2D eigenvalue weighted by Gasteiger charge is -2.12. The topological polar surface area (TPSA) is 51.0 Å². The number of furan rings is 1. The van der Waals surface area contributed by atoms with Gasteiger partial charge >= 0.3 is 0 Å². The van der Waals surface area contributed by atoms with Crippen molar-refractivity contribution in [3.63, 3.8) is 0 Å². The molecule has 0 aliphatic carbocycles. The molecule has 0 amide bonds. The van der Waals surface area contributed by atoms with Crippen molar-refractivity contribution in [2.24, 2.45) is 0 Å². The molecule has 0 aliphatic heterocycles. The molecule has 26 heavy (non-hydrogen) atoms. The molecule has 4 rings (SSSR count). The Labute approximate surface area is 152 Å². The van der Waals surface area contributed by atoms with Crippen LogP contribution in [0.2, 0.25) is 0 Å². The first-order chi connectivity index (χ1) is 12.7. The van der Waals surface area contributed by atoms with Crippen LogP contribution >= 0.6 is 0 Å². The van der Waals surface area contributed by atoms with Gasteiger partial charge in [0.2, 0.25) is 0 Å². The molecule has 0 spiro atoms. The van der Waals surface area contributed by atoms with E-state index < -0.39 is 0 Å². The molecule has 130 valence electrons. The van der Waals surface area contributed by atoms with Gasteiger partial charge in [-0.3, -0.25) is 0 Å². The van der Waals surface area contributed by atoms with Crippen LogP contribution in [0.4, 0.5) is 0 Å². The molecule has 4 heteroatoms. The Balaban J connectivity index is 1.45. The minimum absolute atomic E-state index is 0.108. The average molecular weight is 343 g/mol. The van der Waals surface area contributed by atoms with Crippen LogP contribution in [0, 0.1) is 6.92 Å². The van der Waals surface area contributed by atoms with Crippen molar-refractivity contribution < 1.29 is 4.42 Å². The van der Waals surface area contributed by atoms with Crippen molar-refractivity contribution in [2.45, 2.75) is 26.4 Å². The van der Waals surface area contributed by atoms with Gasteiger partial charge < -0.3 is 9.73 Å². The Morgan fingerprint density at radius 2 is 1.65 bits per heavy atom. The zero-order valence-electron chi connectivity index (χ0n) is 14.9. The highest BCUT2D eigenvalue weighted by molar-refractivity contribution is 5.82. The number of nitrogens with one attached hydrogen (secondary N) is 1. The van der Waals surface area contributed by atoms with Crippen molar-refractivity contribution in [3.05, 3.63) is 83.9 Å². The van der Waals surface area contributed by atoms with E-state index in [2.05, 4.69) is 35.2 Å². The van der Waals surface area contributed by atoms with Gasteiger partial charge in [0.1, 0.15) is 11.3 Å². The van der Waals surface area contributed by atoms with Crippen LogP contribution < -0.4 is 5.32 Å². The minimum atomic E-state index is 0.108. The Hall–Kier alpha value is -2.98. The lowest BCUT2D eigenvalue weighted by molar-refractivity contribution is 0.447. The van der Waals surface area contributed by atoms with Gasteiger partial charge in [0.25, 0.3) is 0 Å². The van der Waals surface area contributed by atoms with Crippen molar-refractivity contribution in [2.75, 3.05) is 0 Å². The number of rotatable bonds is 5. The summed E-state index contributed by atoms with van der Waals surface area (Å²) in [6.07, 6.45) is 3.75. The smallest absolute Gasteiger partial charge is 0.159 e. The average Bonchev–Trinajstić information content (AvgIpc) is 3.04. The maximum atomic E-state index is 6.03. The Kier molecular flexibility index (Phi) is 4.50. The predicted molar refractivity (Wildman–Crippen MR) is 104 cm³/mol. The third kappa shape index (κ3) is 3.24. The van der Waals surface area contributed by atoms with E-state index in [4.69, 9.17) is 4.42 Å². The van der Waals surface area contributed by atoms with Gasteiger partial charge in [0.05, 0.1) is 6.04 Å². The zero-order valence-corrected chi connectivity index (χ0v) is 14.9. The molecule has 4 aromatic rings. The molecule has 0 aliphatic rings. The summed E-state index contributed by atoms with van der Waals surface area (Å²) < 4.78 is 6.03. The Morgan fingerprint density at radius 3 is 2.38 bits per heavy atom. The van der Waals surface area contributed by atoms with Gasteiger partial charge in [-0.1, -0.05) is 48.5 Å². The van der Waals surface area contributed by atoms with Crippen molar-refractivity contribution in [1.29, 1.82) is 0 Å². The first-order valence-electron chi connectivity index (χ1n) is 8.80. The lowest BCUT2D eigenvalue weighted by atomic mass is 10.1. The molecule has 0 saturated carbocycles. The van der Waals surface area contributed by atoms with E-state index in [0.29, 0.717) is 6.54 Å². The molecule has 1 atom stereocenters. The first-order valence-corrected chi connectivity index (χ1v) is 8.80. The highest BCUT2D eigenvalue weighted by atomic mass is 16.3. The van der Waals surface area contributed by atoms with Crippen LogP contribution in [0.3, 0.4) is 0 Å². The van der Waals surface area contributed by atoms with Crippen molar-refractivity contribution in [1.82, 2.24) is 15.3 Å². The van der Waals surface area contributed by atoms with Crippen LogP contribution in [0.5, 0.6) is 0 Å². The van der Waals surface area contributed by atoms with Crippen LogP contribution in [0.15, 0.2) is 71.4 Å². The van der Waals surface area contributed by atoms with E-state index in [1.165, 1.54) is 10.9 Å². The summed E-state index contributed by atoms with van der Waals surface area (Å²) in [4.78, 5) is 8.95. The largest absolute Gasteiger partial charge is 0.459 e. The standard InChI is InChI=1S/C22H21N3O/c1-15-19-10-6-7-11-20(19)26-21(15)16(2)23-12-17-13-24-22(25-14-17)18-8-4-3-5-9-18/h3-11,13-14,16,23H,12H2,1-2H3/t16-/m0/s1. The highest BCUT2D eigenvalue weighted by Gasteiger charge is 2.16. The van der Waals surface area contributed by atoms with E-state index in [-0.39, 0.29) is 6.04 Å². The van der Waals surface area contributed by atoms with E-state index in [1.54, 1.807) is 0 Å². The molecule has 0 saturated heterocycles. The molecule has 0 unspecified atom stereocenters. The molecule has 0 radical (unpaired) electrons. The molecule has 0 bridgehead atoms. The second-order valence-electron chi connectivity index (χ2n) is 6.47. The third-order valence-corrected chi connectivity index (χ3v) is 4.62. The summed E-state index contributed by atoms with van der Waals surface area (Å²) in [5, 5.41) is 4.68. The van der Waals surface area contributed by atoms with Crippen LogP contribution in [-0.4, -0.2) is 9.97 Å². The molecule has 0 fully saturated rings. The van der Waals surface area contributed by atoms with E-state index in [0.717, 1.165) is 28.3 Å². The zero-order chi connectivity index (χ0) is 17.9. The molecule has 2 aromatic carbocycles. The van der Waals surface area contributed by atoms with Crippen LogP contribution in [-0.2, 0) is 6.54 Å². The van der Waals surface area contributed by atoms with Crippen LogP contribution in [0.25, 0.3) is 22.4 Å². The quantitative estimate of drug-likeness (QED) is 0.551. The summed E-state index contributed by atoms with van der Waals surface area (Å²) >= 11 is 0. The lowest BCUT2D eigenvalue weighted by Crippen LogP contribution is -2.18. The molecule has 1 N–H and O–H groups in total. The van der Waals surface area contributed by atoms with E-state index >= 15 is 0 Å². The van der Waals surface area contributed by atoms with Gasteiger partial charge in [-0.15, -0.1) is 0 Å². The summed E-state index contributed by atoms with van der Waals surface area (Å²) in [6, 6.07) is 18.3. The monoisotopic (exact) mass is 343 g/mol. The minimum Gasteiger partial charge on any atom is -0.459 e. The third-order valence-electron chi connectivity index (χ3n) is 4.62.